The summed E-state index contributed by atoms with van der Waals surface area (Å²) in [6, 6.07) is 32.2. The zero-order chi connectivity index (χ0) is 18.6. The molecule has 132 valence electrons. The van der Waals surface area contributed by atoms with Crippen LogP contribution in [0.3, 0.4) is 0 Å². The second-order valence-corrected chi connectivity index (χ2v) is 11.5. The molecular weight excluding hydrogens is 335 g/mol. The maximum atomic E-state index is 12.2. The van der Waals surface area contributed by atoms with E-state index in [0.717, 1.165) is 0 Å². The van der Waals surface area contributed by atoms with E-state index >= 15 is 0 Å². The van der Waals surface area contributed by atoms with Gasteiger partial charge in [-0.1, -0.05) is 54.6 Å². The lowest BCUT2D eigenvalue weighted by molar-refractivity contribution is -0.117. The van der Waals surface area contributed by atoms with Crippen molar-refractivity contribution in [1.82, 2.24) is 0 Å². The van der Waals surface area contributed by atoms with E-state index in [2.05, 4.69) is 105 Å². The molecule has 0 aromatic heterocycles. The largest absolute Gasteiger partial charge is 0.300 e. The molecule has 0 radical (unpaired) electrons. The Morgan fingerprint density at radius 1 is 0.692 bits per heavy atom. The minimum absolute atomic E-state index is 0.192. The number of hydrogen-bond acceptors (Lipinski definition) is 1. The minimum atomic E-state index is -2.03. The predicted molar refractivity (Wildman–Crippen MR) is 115 cm³/mol. The van der Waals surface area contributed by atoms with Gasteiger partial charge in [-0.3, -0.25) is 4.79 Å². The Balaban J connectivity index is 2.41. The molecule has 0 aliphatic carbocycles. The van der Waals surface area contributed by atoms with Crippen molar-refractivity contribution < 1.29 is 4.79 Å². The van der Waals surface area contributed by atoms with Crippen molar-refractivity contribution in [3.8, 4) is 0 Å². The molecule has 2 heteroatoms. The molecule has 0 atom stereocenters. The zero-order valence-electron chi connectivity index (χ0n) is 15.7. The van der Waals surface area contributed by atoms with Crippen molar-refractivity contribution >= 4 is 29.0 Å². The summed E-state index contributed by atoms with van der Waals surface area (Å²) < 4.78 is 0. The summed E-state index contributed by atoms with van der Waals surface area (Å²) >= 11 is 0. The highest BCUT2D eigenvalue weighted by atomic mass is 31.2. The van der Waals surface area contributed by atoms with Crippen LogP contribution in [0.2, 0.25) is 0 Å². The van der Waals surface area contributed by atoms with E-state index < -0.39 is 7.26 Å². The number of carbonyl (C=O) groups is 1. The van der Waals surface area contributed by atoms with Crippen LogP contribution < -0.4 is 15.9 Å². The Morgan fingerprint density at radius 2 is 1.00 bits per heavy atom. The normalized spacial score (nSPS) is 12.0. The fraction of sp³-hybridized carbons (Fsp3) is 0.208. The molecule has 3 aromatic carbocycles. The Morgan fingerprint density at radius 3 is 1.27 bits per heavy atom. The predicted octanol–water partition coefficient (Wildman–Crippen LogP) is 4.74. The molecule has 0 bridgehead atoms. The zero-order valence-corrected chi connectivity index (χ0v) is 16.6. The van der Waals surface area contributed by atoms with Gasteiger partial charge in [0.25, 0.3) is 0 Å². The van der Waals surface area contributed by atoms with Crippen molar-refractivity contribution in [3.63, 3.8) is 0 Å². The second kappa shape index (κ2) is 7.56. The number of hydrogen-bond donors (Lipinski definition) is 0. The summed E-state index contributed by atoms with van der Waals surface area (Å²) in [5.41, 5.74) is 0. The van der Waals surface area contributed by atoms with Crippen molar-refractivity contribution in [2.24, 2.45) is 0 Å². The van der Waals surface area contributed by atoms with E-state index in [9.17, 15) is 4.79 Å². The lowest BCUT2D eigenvalue weighted by Crippen LogP contribution is -2.45. The van der Waals surface area contributed by atoms with E-state index in [0.29, 0.717) is 6.42 Å². The molecular formula is C24H26OP+. The first-order chi connectivity index (χ1) is 12.5. The lowest BCUT2D eigenvalue weighted by Gasteiger charge is -2.40. The number of carbonyl (C=O) groups excluding carboxylic acids is 1. The molecule has 3 aromatic rings. The van der Waals surface area contributed by atoms with Crippen LogP contribution in [0.25, 0.3) is 0 Å². The molecule has 0 heterocycles. The smallest absolute Gasteiger partial charge is 0.134 e. The molecule has 0 fully saturated rings. The van der Waals surface area contributed by atoms with Crippen molar-refractivity contribution in [3.05, 3.63) is 91.0 Å². The van der Waals surface area contributed by atoms with Crippen LogP contribution in [0.4, 0.5) is 0 Å². The van der Waals surface area contributed by atoms with Gasteiger partial charge in [0.15, 0.2) is 0 Å². The van der Waals surface area contributed by atoms with Crippen LogP contribution in [0.5, 0.6) is 0 Å². The molecule has 0 unspecified atom stereocenters. The van der Waals surface area contributed by atoms with Gasteiger partial charge in [0.05, 0.1) is 5.16 Å². The highest BCUT2D eigenvalue weighted by Gasteiger charge is 2.57. The van der Waals surface area contributed by atoms with Crippen LogP contribution in [0, 0.1) is 0 Å². The maximum absolute atomic E-state index is 12.2. The van der Waals surface area contributed by atoms with Gasteiger partial charge in [-0.2, -0.15) is 0 Å². The highest BCUT2D eigenvalue weighted by Crippen LogP contribution is 2.66. The average Bonchev–Trinajstić information content (AvgIpc) is 2.64. The second-order valence-electron chi connectivity index (χ2n) is 7.37. The highest BCUT2D eigenvalue weighted by molar-refractivity contribution is 7.96. The van der Waals surface area contributed by atoms with E-state index in [-0.39, 0.29) is 10.9 Å². The van der Waals surface area contributed by atoms with E-state index in [1.54, 1.807) is 6.92 Å². The van der Waals surface area contributed by atoms with E-state index in [4.69, 9.17) is 0 Å². The van der Waals surface area contributed by atoms with Crippen LogP contribution >= 0.6 is 7.26 Å². The summed E-state index contributed by atoms with van der Waals surface area (Å²) in [6.07, 6.45) is 0.555. The summed E-state index contributed by atoms with van der Waals surface area (Å²) in [4.78, 5) is 12.2. The molecule has 1 nitrogen and oxygen atoms in total. The van der Waals surface area contributed by atoms with Gasteiger partial charge in [0.1, 0.15) is 29.0 Å². The van der Waals surface area contributed by atoms with Gasteiger partial charge >= 0.3 is 0 Å². The fourth-order valence-corrected chi connectivity index (χ4v) is 9.49. The van der Waals surface area contributed by atoms with Crippen molar-refractivity contribution in [1.29, 1.82) is 0 Å². The van der Waals surface area contributed by atoms with Gasteiger partial charge in [-0.15, -0.1) is 0 Å². The Hall–Kier alpha value is -2.24. The molecule has 0 saturated heterocycles. The molecule has 0 amide bonds. The standard InChI is InChI=1S/C24H26OP/c1-20(25)19-24(2,3)26(21-13-7-4-8-14-21,22-15-9-5-10-16-22)23-17-11-6-12-18-23/h4-18H,19H2,1-3H3/q+1. The molecule has 26 heavy (non-hydrogen) atoms. The Kier molecular flexibility index (Phi) is 5.39. The third kappa shape index (κ3) is 3.24. The topological polar surface area (TPSA) is 17.1 Å². The quantitative estimate of drug-likeness (QED) is 0.580. The first kappa shape index (κ1) is 18.5. The monoisotopic (exact) mass is 361 g/mol. The first-order valence-electron chi connectivity index (χ1n) is 9.04. The summed E-state index contributed by atoms with van der Waals surface area (Å²) in [5, 5.41) is 3.78. The van der Waals surface area contributed by atoms with Crippen LogP contribution in [-0.4, -0.2) is 10.9 Å². The molecule has 0 aliphatic heterocycles. The van der Waals surface area contributed by atoms with Gasteiger partial charge in [0.2, 0.25) is 0 Å². The van der Waals surface area contributed by atoms with E-state index in [1.165, 1.54) is 15.9 Å². The third-order valence-electron chi connectivity index (χ3n) is 5.02. The Bertz CT molecular complexity index is 758. The number of benzene rings is 3. The molecule has 0 N–H and O–H groups in total. The SMILES string of the molecule is CC(=O)CC(C)(C)[P+](c1ccccc1)(c1ccccc1)c1ccccc1. The molecule has 3 rings (SSSR count). The van der Waals surface area contributed by atoms with Gasteiger partial charge in [-0.25, -0.2) is 0 Å². The summed E-state index contributed by atoms with van der Waals surface area (Å²) in [7, 11) is -2.03. The number of rotatable bonds is 6. The van der Waals surface area contributed by atoms with Gasteiger partial charge < -0.3 is 0 Å². The minimum Gasteiger partial charge on any atom is -0.300 e. The molecule has 0 spiro atoms. The van der Waals surface area contributed by atoms with Gasteiger partial charge in [-0.05, 0) is 57.2 Å². The van der Waals surface area contributed by atoms with Gasteiger partial charge in [0, 0.05) is 6.42 Å². The van der Waals surface area contributed by atoms with E-state index in [1.807, 2.05) is 0 Å². The fourth-order valence-electron chi connectivity index (χ4n) is 4.18. The Labute approximate surface area is 157 Å². The number of ketones is 1. The average molecular weight is 361 g/mol. The van der Waals surface area contributed by atoms with Crippen molar-refractivity contribution in [2.75, 3.05) is 0 Å². The summed E-state index contributed by atoms with van der Waals surface area (Å²) in [6.45, 7) is 6.22. The lowest BCUT2D eigenvalue weighted by atomic mass is 10.1. The van der Waals surface area contributed by atoms with Crippen LogP contribution in [0.15, 0.2) is 91.0 Å². The van der Waals surface area contributed by atoms with Crippen LogP contribution in [-0.2, 0) is 4.79 Å². The first-order valence-corrected chi connectivity index (χ1v) is 10.8. The summed E-state index contributed by atoms with van der Waals surface area (Å²) in [5.74, 6) is 0.238. The molecule has 0 aliphatic rings. The maximum Gasteiger partial charge on any atom is 0.134 e. The molecule has 0 saturated carbocycles. The number of Topliss-reactive ketones (excluding diaryl/α,β-unsaturated/α-hetero) is 1. The van der Waals surface area contributed by atoms with Crippen LogP contribution in [0.1, 0.15) is 27.2 Å². The third-order valence-corrected chi connectivity index (χ3v) is 10.2. The van der Waals surface area contributed by atoms with Crippen molar-refractivity contribution in [2.45, 2.75) is 32.3 Å².